The molecule has 0 fully saturated rings. The number of benzene rings is 1. The molecule has 1 aliphatic carbocycles. The van der Waals surface area contributed by atoms with Gasteiger partial charge in [-0.25, -0.2) is 4.68 Å². The molecule has 1 aromatic carbocycles. The van der Waals surface area contributed by atoms with E-state index in [2.05, 4.69) is 33.3 Å². The Morgan fingerprint density at radius 1 is 1.42 bits per heavy atom. The van der Waals surface area contributed by atoms with Gasteiger partial charge in [0.25, 0.3) is 5.56 Å². The van der Waals surface area contributed by atoms with Crippen LogP contribution in [0, 0.1) is 12.8 Å². The van der Waals surface area contributed by atoms with E-state index in [1.165, 1.54) is 4.68 Å². The number of hydrogen-bond acceptors (Lipinski definition) is 3. The molecule has 0 radical (unpaired) electrons. The second-order valence-corrected chi connectivity index (χ2v) is 7.33. The smallest absolute Gasteiger partial charge is 0.267 e. The topological polar surface area (TPSA) is 64.0 Å². The van der Waals surface area contributed by atoms with Crippen LogP contribution in [0.4, 0.5) is 5.69 Å². The van der Waals surface area contributed by atoms with Crippen LogP contribution >= 0.6 is 15.9 Å². The number of carbonyl (C=O) groups is 1. The summed E-state index contributed by atoms with van der Waals surface area (Å²) in [5.41, 5.74) is 3.50. The fraction of sp³-hybridized carbons (Fsp3) is 0.389. The summed E-state index contributed by atoms with van der Waals surface area (Å²) in [6.07, 6.45) is 2.83. The van der Waals surface area contributed by atoms with Gasteiger partial charge >= 0.3 is 0 Å². The van der Waals surface area contributed by atoms with Crippen LogP contribution in [0.15, 0.2) is 33.5 Å². The van der Waals surface area contributed by atoms with Gasteiger partial charge in [-0.1, -0.05) is 22.9 Å². The first-order chi connectivity index (χ1) is 11.4. The van der Waals surface area contributed by atoms with Crippen LogP contribution in [0.2, 0.25) is 0 Å². The molecule has 1 amide bonds. The van der Waals surface area contributed by atoms with Gasteiger partial charge in [0.15, 0.2) is 0 Å². The number of fused-ring (bicyclic) bond motifs is 1. The van der Waals surface area contributed by atoms with Crippen molar-refractivity contribution < 1.29 is 4.79 Å². The van der Waals surface area contributed by atoms with Crippen molar-refractivity contribution in [2.45, 2.75) is 39.7 Å². The molecule has 24 heavy (non-hydrogen) atoms. The van der Waals surface area contributed by atoms with E-state index in [9.17, 15) is 9.59 Å². The summed E-state index contributed by atoms with van der Waals surface area (Å²) in [6, 6.07) is 7.22. The summed E-state index contributed by atoms with van der Waals surface area (Å²) in [5, 5.41) is 7.21. The van der Waals surface area contributed by atoms with Crippen LogP contribution < -0.4 is 10.9 Å². The van der Waals surface area contributed by atoms with Gasteiger partial charge in [0.2, 0.25) is 5.91 Å². The van der Waals surface area contributed by atoms with Gasteiger partial charge in [-0.15, -0.1) is 0 Å². The third-order valence-electron chi connectivity index (χ3n) is 4.34. The number of nitrogens with one attached hydrogen (secondary N) is 1. The van der Waals surface area contributed by atoms with Crippen molar-refractivity contribution in [1.82, 2.24) is 9.78 Å². The van der Waals surface area contributed by atoms with Gasteiger partial charge in [-0.05, 0) is 61.4 Å². The molecule has 0 bridgehead atoms. The number of aromatic nitrogens is 2. The largest absolute Gasteiger partial charge is 0.324 e. The van der Waals surface area contributed by atoms with Crippen LogP contribution in [-0.4, -0.2) is 15.7 Å². The van der Waals surface area contributed by atoms with E-state index in [0.717, 1.165) is 40.6 Å². The van der Waals surface area contributed by atoms with E-state index in [4.69, 9.17) is 0 Å². The minimum Gasteiger partial charge on any atom is -0.324 e. The number of halogens is 1. The average molecular weight is 390 g/mol. The van der Waals surface area contributed by atoms with Gasteiger partial charge in [-0.2, -0.15) is 5.10 Å². The highest BCUT2D eigenvalue weighted by Gasteiger charge is 2.18. The summed E-state index contributed by atoms with van der Waals surface area (Å²) < 4.78 is 2.25. The highest BCUT2D eigenvalue weighted by Crippen LogP contribution is 2.22. The molecule has 126 valence electrons. The molecular weight excluding hydrogens is 370 g/mol. The molecule has 1 atom stereocenters. The standard InChI is InChI=1S/C18H20BrN3O2/c1-11-3-6-16-13(7-11)9-18(24)22(21-16)10-17(23)20-14-4-5-15(19)12(2)8-14/h4-5,8-9,11H,3,6-7,10H2,1-2H3,(H,20,23)/t11-/m0/s1. The molecular formula is C18H20BrN3O2. The molecule has 0 unspecified atom stereocenters. The predicted octanol–water partition coefficient (Wildman–Crippen LogP) is 3.08. The van der Waals surface area contributed by atoms with Crippen LogP contribution in [0.25, 0.3) is 0 Å². The number of nitrogens with zero attached hydrogens (tertiary/aromatic N) is 2. The molecule has 0 saturated carbocycles. The second kappa shape index (κ2) is 6.89. The second-order valence-electron chi connectivity index (χ2n) is 6.47. The zero-order valence-electron chi connectivity index (χ0n) is 13.8. The Labute approximate surface area is 149 Å². The van der Waals surface area contributed by atoms with Crippen LogP contribution in [-0.2, 0) is 24.2 Å². The summed E-state index contributed by atoms with van der Waals surface area (Å²) >= 11 is 3.43. The van der Waals surface area contributed by atoms with Crippen molar-refractivity contribution >= 4 is 27.5 Å². The van der Waals surface area contributed by atoms with Gasteiger partial charge in [0.05, 0.1) is 5.69 Å². The molecule has 1 heterocycles. The predicted molar refractivity (Wildman–Crippen MR) is 97.2 cm³/mol. The Hall–Kier alpha value is -1.95. The molecule has 1 aliphatic rings. The molecule has 6 heteroatoms. The lowest BCUT2D eigenvalue weighted by Crippen LogP contribution is -2.32. The number of amides is 1. The summed E-state index contributed by atoms with van der Waals surface area (Å²) in [7, 11) is 0. The number of aryl methyl sites for hydroxylation is 2. The van der Waals surface area contributed by atoms with Crippen molar-refractivity contribution in [3.05, 3.63) is 55.9 Å². The molecule has 3 rings (SSSR count). The van der Waals surface area contributed by atoms with Crippen molar-refractivity contribution in [3.63, 3.8) is 0 Å². The average Bonchev–Trinajstić information content (AvgIpc) is 2.52. The summed E-state index contributed by atoms with van der Waals surface area (Å²) in [6.45, 7) is 4.06. The molecule has 2 aromatic rings. The molecule has 0 aliphatic heterocycles. The Balaban J connectivity index is 1.74. The normalized spacial score (nSPS) is 16.5. The lowest BCUT2D eigenvalue weighted by Gasteiger charge is -2.20. The third-order valence-corrected chi connectivity index (χ3v) is 5.23. The van der Waals surface area contributed by atoms with Gasteiger partial charge in [0, 0.05) is 16.2 Å². The first-order valence-electron chi connectivity index (χ1n) is 8.08. The van der Waals surface area contributed by atoms with E-state index >= 15 is 0 Å². The lowest BCUT2D eigenvalue weighted by molar-refractivity contribution is -0.117. The fourth-order valence-electron chi connectivity index (χ4n) is 2.99. The van der Waals surface area contributed by atoms with Crippen molar-refractivity contribution in [3.8, 4) is 0 Å². The highest BCUT2D eigenvalue weighted by molar-refractivity contribution is 9.10. The number of carbonyl (C=O) groups excluding carboxylic acids is 1. The quantitative estimate of drug-likeness (QED) is 0.876. The fourth-order valence-corrected chi connectivity index (χ4v) is 3.23. The molecule has 1 aromatic heterocycles. The maximum absolute atomic E-state index is 12.2. The third kappa shape index (κ3) is 3.75. The zero-order valence-corrected chi connectivity index (χ0v) is 15.4. The van der Waals surface area contributed by atoms with E-state index in [1.54, 1.807) is 6.07 Å². The Kier molecular flexibility index (Phi) is 4.85. The minimum atomic E-state index is -0.254. The highest BCUT2D eigenvalue weighted by atomic mass is 79.9. The zero-order chi connectivity index (χ0) is 17.3. The van der Waals surface area contributed by atoms with Crippen molar-refractivity contribution in [1.29, 1.82) is 0 Å². The number of rotatable bonds is 3. The summed E-state index contributed by atoms with van der Waals surface area (Å²) in [4.78, 5) is 24.4. The Morgan fingerprint density at radius 2 is 2.21 bits per heavy atom. The first kappa shape index (κ1) is 16.9. The van der Waals surface area contributed by atoms with Crippen LogP contribution in [0.1, 0.15) is 30.2 Å². The van der Waals surface area contributed by atoms with Crippen LogP contribution in [0.3, 0.4) is 0 Å². The van der Waals surface area contributed by atoms with Crippen molar-refractivity contribution in [2.24, 2.45) is 5.92 Å². The Morgan fingerprint density at radius 3 is 2.96 bits per heavy atom. The van der Waals surface area contributed by atoms with Gasteiger partial charge < -0.3 is 5.32 Å². The molecule has 5 nitrogen and oxygen atoms in total. The van der Waals surface area contributed by atoms with Gasteiger partial charge in [0.1, 0.15) is 6.54 Å². The lowest BCUT2D eigenvalue weighted by atomic mass is 9.88. The molecule has 0 spiro atoms. The van der Waals surface area contributed by atoms with Crippen molar-refractivity contribution in [2.75, 3.05) is 5.32 Å². The van der Waals surface area contributed by atoms with E-state index in [-0.39, 0.29) is 18.0 Å². The minimum absolute atomic E-state index is 0.0726. The maximum atomic E-state index is 12.2. The Bertz CT molecular complexity index is 845. The van der Waals surface area contributed by atoms with E-state index in [0.29, 0.717) is 11.6 Å². The number of hydrogen-bond donors (Lipinski definition) is 1. The monoisotopic (exact) mass is 389 g/mol. The first-order valence-corrected chi connectivity index (χ1v) is 8.87. The maximum Gasteiger partial charge on any atom is 0.267 e. The van der Waals surface area contributed by atoms with Crippen LogP contribution in [0.5, 0.6) is 0 Å². The summed E-state index contributed by atoms with van der Waals surface area (Å²) in [5.74, 6) is 0.328. The van der Waals surface area contributed by atoms with Gasteiger partial charge in [-0.3, -0.25) is 9.59 Å². The SMILES string of the molecule is Cc1cc(NC(=O)Cn2nc3c(cc2=O)C[C@@H](C)CC3)ccc1Br. The van der Waals surface area contributed by atoms with E-state index in [1.807, 2.05) is 25.1 Å². The number of anilines is 1. The van der Waals surface area contributed by atoms with E-state index < -0.39 is 0 Å². The molecule has 1 N–H and O–H groups in total. The molecule has 0 saturated heterocycles.